The van der Waals surface area contributed by atoms with Gasteiger partial charge in [0.2, 0.25) is 11.8 Å². The molecule has 0 aromatic carbocycles. The molecule has 2 aliphatic heterocycles. The van der Waals surface area contributed by atoms with Crippen molar-refractivity contribution in [2.45, 2.75) is 132 Å². The Labute approximate surface area is 254 Å². The molecule has 3 aliphatic carbocycles. The molecular weight excluding hydrogens is 560 g/mol. The Kier molecular flexibility index (Phi) is 11.2. The summed E-state index contributed by atoms with van der Waals surface area (Å²) in [6.45, 7) is 3.09. The lowest BCUT2D eigenvalue weighted by atomic mass is 9.72. The Balaban J connectivity index is 1.20. The lowest BCUT2D eigenvalue weighted by Crippen LogP contribution is -2.55. The fourth-order valence-electron chi connectivity index (χ4n) is 7.96. The number of rotatable bonds is 9. The number of aliphatic hydroxyl groups is 2. The van der Waals surface area contributed by atoms with Crippen LogP contribution in [0.1, 0.15) is 84.0 Å². The lowest BCUT2D eigenvalue weighted by molar-refractivity contribution is -0.129. The molecule has 4 fully saturated rings. The SMILES string of the molecule is COC1CCC2C(C1)C(C1CCC(Cl)CC1)=N[C@@H](CC(=O)NCCCNC(=O)C1CCC(O)C(O)C1)C1NNC(C)N21. The highest BCUT2D eigenvalue weighted by atomic mass is 35.5. The summed E-state index contributed by atoms with van der Waals surface area (Å²) >= 11 is 6.49. The van der Waals surface area contributed by atoms with Gasteiger partial charge >= 0.3 is 0 Å². The van der Waals surface area contributed by atoms with Crippen LogP contribution in [-0.2, 0) is 14.3 Å². The highest BCUT2D eigenvalue weighted by molar-refractivity contribution is 6.20. The van der Waals surface area contributed by atoms with Gasteiger partial charge < -0.3 is 25.6 Å². The maximum atomic E-state index is 13.2. The number of aliphatic hydroxyl groups excluding tert-OH is 2. The van der Waals surface area contributed by atoms with E-state index < -0.39 is 12.2 Å². The van der Waals surface area contributed by atoms with Crippen LogP contribution in [0.5, 0.6) is 0 Å². The molecule has 0 aromatic heterocycles. The molecule has 42 heavy (non-hydrogen) atoms. The minimum absolute atomic E-state index is 0.0378. The predicted molar refractivity (Wildman–Crippen MR) is 161 cm³/mol. The molecule has 0 spiro atoms. The first-order valence-corrected chi connectivity index (χ1v) is 16.6. The zero-order valence-electron chi connectivity index (χ0n) is 25.1. The number of alkyl halides is 1. The van der Waals surface area contributed by atoms with Crippen LogP contribution in [0.2, 0.25) is 0 Å². The van der Waals surface area contributed by atoms with Crippen LogP contribution in [0, 0.1) is 17.8 Å². The highest BCUT2D eigenvalue weighted by Crippen LogP contribution is 2.42. The zero-order valence-corrected chi connectivity index (χ0v) is 25.9. The summed E-state index contributed by atoms with van der Waals surface area (Å²) in [5.74, 6) is 0.290. The Morgan fingerprint density at radius 2 is 1.76 bits per heavy atom. The average molecular weight is 611 g/mol. The second-order valence-electron chi connectivity index (χ2n) is 13.1. The molecule has 0 radical (unpaired) electrons. The summed E-state index contributed by atoms with van der Waals surface area (Å²) in [6, 6.07) is 0.127. The van der Waals surface area contributed by atoms with Gasteiger partial charge in [-0.3, -0.25) is 19.5 Å². The van der Waals surface area contributed by atoms with E-state index in [1.54, 1.807) is 0 Å². The molecule has 6 N–H and O–H groups in total. The molecule has 2 amide bonds. The van der Waals surface area contributed by atoms with Gasteiger partial charge in [0.05, 0.1) is 43.1 Å². The number of aliphatic imine (C=N–C) groups is 1. The van der Waals surface area contributed by atoms with Crippen LogP contribution in [-0.4, -0.2) is 101 Å². The van der Waals surface area contributed by atoms with E-state index in [4.69, 9.17) is 21.3 Å². The normalized spacial score (nSPS) is 40.8. The first-order valence-electron chi connectivity index (χ1n) is 16.2. The van der Waals surface area contributed by atoms with Crippen LogP contribution in [0.3, 0.4) is 0 Å². The second kappa shape index (κ2) is 14.6. The monoisotopic (exact) mass is 610 g/mol. The van der Waals surface area contributed by atoms with E-state index >= 15 is 0 Å². The lowest BCUT2D eigenvalue weighted by Gasteiger charge is -2.44. The van der Waals surface area contributed by atoms with Crippen LogP contribution in [0.4, 0.5) is 0 Å². The number of nitrogens with one attached hydrogen (secondary N) is 4. The molecule has 12 heteroatoms. The summed E-state index contributed by atoms with van der Waals surface area (Å²) in [5.41, 5.74) is 8.16. The Hall–Kier alpha value is -1.34. The Morgan fingerprint density at radius 3 is 2.50 bits per heavy atom. The summed E-state index contributed by atoms with van der Waals surface area (Å²) in [7, 11) is 1.81. The van der Waals surface area contributed by atoms with Crippen LogP contribution < -0.4 is 21.5 Å². The molecule has 9 atom stereocenters. The summed E-state index contributed by atoms with van der Waals surface area (Å²) in [6.07, 6.45) is 8.05. The number of hydrazine groups is 1. The fraction of sp³-hybridized carbons (Fsp3) is 0.900. The minimum atomic E-state index is -0.842. The molecular formula is C30H51ClN6O5. The third kappa shape index (κ3) is 7.47. The second-order valence-corrected chi connectivity index (χ2v) is 13.7. The van der Waals surface area contributed by atoms with Crippen LogP contribution in [0.15, 0.2) is 4.99 Å². The van der Waals surface area contributed by atoms with Gasteiger partial charge in [0.1, 0.15) is 0 Å². The smallest absolute Gasteiger partial charge is 0.223 e. The molecule has 1 saturated heterocycles. The number of amides is 2. The number of hydrogen-bond donors (Lipinski definition) is 6. The van der Waals surface area contributed by atoms with Crippen LogP contribution in [0.25, 0.3) is 0 Å². The number of carbonyl (C=O) groups is 2. The summed E-state index contributed by atoms with van der Waals surface area (Å²) < 4.78 is 5.85. The van der Waals surface area contributed by atoms with E-state index in [1.807, 2.05) is 7.11 Å². The van der Waals surface area contributed by atoms with E-state index in [2.05, 4.69) is 33.3 Å². The maximum Gasteiger partial charge on any atom is 0.223 e. The van der Waals surface area contributed by atoms with Crippen molar-refractivity contribution in [3.8, 4) is 0 Å². The third-order valence-corrected chi connectivity index (χ3v) is 10.8. The van der Waals surface area contributed by atoms with Crippen LogP contribution >= 0.6 is 11.6 Å². The minimum Gasteiger partial charge on any atom is -0.390 e. The van der Waals surface area contributed by atoms with Gasteiger partial charge in [-0.25, -0.2) is 10.9 Å². The van der Waals surface area contributed by atoms with E-state index in [0.29, 0.717) is 56.7 Å². The van der Waals surface area contributed by atoms with E-state index in [0.717, 1.165) is 44.9 Å². The molecule has 8 unspecified atom stereocenters. The van der Waals surface area contributed by atoms with Gasteiger partial charge in [-0.2, -0.15) is 0 Å². The maximum absolute atomic E-state index is 13.2. The van der Waals surface area contributed by atoms with Gasteiger partial charge in [0.15, 0.2) is 0 Å². The standard InChI is InChI=1S/C30H51ClN6O5/c1-17-35-36-29-23(16-27(40)32-12-3-13-33-30(41)19-6-11-25(38)26(39)14-19)34-28(18-4-7-20(31)8-5-18)22-15-21(42-2)9-10-24(22)37(17)29/h17-26,29,35-36,38-39H,3-16H2,1-2H3,(H,32,40)(H,33,41)/t17?,18?,19?,20?,21?,22?,23-,24?,25?,26?,29?/m0/s1. The summed E-state index contributed by atoms with van der Waals surface area (Å²) in [4.78, 5) is 33.6. The van der Waals surface area contributed by atoms with Crippen molar-refractivity contribution in [2.24, 2.45) is 22.7 Å². The van der Waals surface area contributed by atoms with Gasteiger partial charge in [-0.05, 0) is 83.5 Å². The van der Waals surface area contributed by atoms with Crippen molar-refractivity contribution < 1.29 is 24.5 Å². The predicted octanol–water partition coefficient (Wildman–Crippen LogP) is 1.41. The van der Waals surface area contributed by atoms with E-state index in [1.165, 1.54) is 5.71 Å². The number of hydrogen-bond acceptors (Lipinski definition) is 9. The van der Waals surface area contributed by atoms with Crippen molar-refractivity contribution in [1.29, 1.82) is 0 Å². The number of halogens is 1. The van der Waals surface area contributed by atoms with Crippen molar-refractivity contribution >= 4 is 29.1 Å². The summed E-state index contributed by atoms with van der Waals surface area (Å²) in [5, 5.41) is 25.8. The highest BCUT2D eigenvalue weighted by Gasteiger charge is 2.50. The number of fused-ring (bicyclic) bond motifs is 3. The number of ether oxygens (including phenoxy) is 1. The van der Waals surface area contributed by atoms with Gasteiger partial charge in [-0.1, -0.05) is 0 Å². The molecule has 5 rings (SSSR count). The van der Waals surface area contributed by atoms with Gasteiger partial charge in [-0.15, -0.1) is 11.6 Å². The molecule has 2 heterocycles. The molecule has 5 aliphatic rings. The molecule has 238 valence electrons. The van der Waals surface area contributed by atoms with Crippen molar-refractivity contribution in [1.82, 2.24) is 26.4 Å². The average Bonchev–Trinajstić information content (AvgIpc) is 3.31. The molecule has 0 aromatic rings. The largest absolute Gasteiger partial charge is 0.390 e. The van der Waals surface area contributed by atoms with Gasteiger partial charge in [0, 0.05) is 49.2 Å². The van der Waals surface area contributed by atoms with Crippen molar-refractivity contribution in [3.63, 3.8) is 0 Å². The molecule has 3 saturated carbocycles. The quantitative estimate of drug-likeness (QED) is 0.170. The Bertz CT molecular complexity index is 964. The fourth-order valence-corrected chi connectivity index (χ4v) is 8.22. The van der Waals surface area contributed by atoms with E-state index in [-0.39, 0.29) is 54.0 Å². The Morgan fingerprint density at radius 1 is 1.00 bits per heavy atom. The zero-order chi connectivity index (χ0) is 29.8. The third-order valence-electron chi connectivity index (χ3n) is 10.3. The topological polar surface area (TPSA) is 148 Å². The van der Waals surface area contributed by atoms with E-state index in [9.17, 15) is 19.8 Å². The number of nitrogens with zero attached hydrogens (tertiary/aromatic N) is 2. The first kappa shape index (κ1) is 32.1. The number of methoxy groups -OCH3 is 1. The van der Waals surface area contributed by atoms with Gasteiger partial charge in [0.25, 0.3) is 0 Å². The van der Waals surface area contributed by atoms with Crippen molar-refractivity contribution in [2.75, 3.05) is 20.2 Å². The van der Waals surface area contributed by atoms with Crippen molar-refractivity contribution in [3.05, 3.63) is 0 Å². The number of carbonyl (C=O) groups excluding carboxylic acids is 2. The molecule has 0 bridgehead atoms. The first-order chi connectivity index (χ1) is 20.2. The molecule has 11 nitrogen and oxygen atoms in total.